The second-order valence-electron chi connectivity index (χ2n) is 7.86. The summed E-state index contributed by atoms with van der Waals surface area (Å²) >= 11 is 0.838. The number of benzene rings is 2. The maximum atomic E-state index is 13.5. The van der Waals surface area contributed by atoms with E-state index in [4.69, 9.17) is 0 Å². The van der Waals surface area contributed by atoms with E-state index in [-0.39, 0.29) is 5.91 Å². The molecule has 1 aliphatic rings. The highest BCUT2D eigenvalue weighted by Crippen LogP contribution is 2.32. The van der Waals surface area contributed by atoms with Crippen molar-refractivity contribution >= 4 is 34.5 Å². The lowest BCUT2D eigenvalue weighted by Crippen LogP contribution is -2.45. The van der Waals surface area contributed by atoms with E-state index < -0.39 is 22.4 Å². The number of nitrogens with zero attached hydrogens (tertiary/aromatic N) is 1. The first-order valence-corrected chi connectivity index (χ1v) is 10.6. The monoisotopic (exact) mass is 410 g/mol. The molecule has 1 aliphatic heterocycles. The van der Waals surface area contributed by atoms with Gasteiger partial charge in [-0.15, -0.1) is 0 Å². The maximum Gasteiger partial charge on any atom is 0.288 e. The van der Waals surface area contributed by atoms with Crippen LogP contribution in [0.1, 0.15) is 43.4 Å². The molecule has 0 aromatic heterocycles. The zero-order chi connectivity index (χ0) is 21.1. The van der Waals surface area contributed by atoms with Crippen LogP contribution in [0.25, 0.3) is 0 Å². The molecule has 2 atom stereocenters. The molecule has 6 heteroatoms. The van der Waals surface area contributed by atoms with Gasteiger partial charge in [0.1, 0.15) is 0 Å². The number of amides is 3. The van der Waals surface area contributed by atoms with Gasteiger partial charge in [-0.3, -0.25) is 24.6 Å². The molecule has 2 aromatic rings. The molecular formula is C23H26N2O3S. The molecule has 1 heterocycles. The van der Waals surface area contributed by atoms with E-state index in [1.54, 1.807) is 6.07 Å². The van der Waals surface area contributed by atoms with Crippen molar-refractivity contribution in [3.05, 3.63) is 65.2 Å². The topological polar surface area (TPSA) is 66.5 Å². The first kappa shape index (κ1) is 21.1. The Kier molecular flexibility index (Phi) is 6.42. The Labute approximate surface area is 175 Å². The lowest BCUT2D eigenvalue weighted by atomic mass is 9.95. The van der Waals surface area contributed by atoms with Crippen LogP contribution >= 0.6 is 11.8 Å². The summed E-state index contributed by atoms with van der Waals surface area (Å²) in [6.07, 6.45) is 0.985. The standard InChI is InChI=1S/C23H26N2O3S/c1-14(2)12-17-8-10-18(11-9-17)16(4)21(27)25(19-7-5-6-15(3)13-19)22-20(26)24-23(28)29-22/h5-11,13-14,16,22H,12H2,1-4H3,(H,24,26,28). The Balaban J connectivity index is 1.91. The van der Waals surface area contributed by atoms with Crippen molar-refractivity contribution < 1.29 is 14.4 Å². The number of carbonyl (C=O) groups is 3. The van der Waals surface area contributed by atoms with Crippen LogP contribution in [0.4, 0.5) is 10.5 Å². The van der Waals surface area contributed by atoms with Gasteiger partial charge in [0.15, 0.2) is 5.37 Å². The Morgan fingerprint density at radius 3 is 2.34 bits per heavy atom. The summed E-state index contributed by atoms with van der Waals surface area (Å²) in [4.78, 5) is 39.0. The first-order valence-electron chi connectivity index (χ1n) is 9.76. The lowest BCUT2D eigenvalue weighted by Gasteiger charge is -2.29. The molecule has 0 saturated carbocycles. The molecule has 2 aromatic carbocycles. The van der Waals surface area contributed by atoms with Crippen molar-refractivity contribution in [3.63, 3.8) is 0 Å². The van der Waals surface area contributed by atoms with Crippen LogP contribution in [0.3, 0.4) is 0 Å². The van der Waals surface area contributed by atoms with Crippen molar-refractivity contribution in [2.24, 2.45) is 5.92 Å². The molecule has 0 bridgehead atoms. The molecular weight excluding hydrogens is 384 g/mol. The second kappa shape index (κ2) is 8.82. The smallest absolute Gasteiger partial charge is 0.288 e. The van der Waals surface area contributed by atoms with E-state index in [9.17, 15) is 14.4 Å². The highest BCUT2D eigenvalue weighted by molar-refractivity contribution is 8.15. The van der Waals surface area contributed by atoms with Crippen molar-refractivity contribution in [1.29, 1.82) is 0 Å². The van der Waals surface area contributed by atoms with Crippen LogP contribution in [0.5, 0.6) is 0 Å². The first-order chi connectivity index (χ1) is 13.8. The van der Waals surface area contributed by atoms with Crippen LogP contribution in [0.2, 0.25) is 0 Å². The minimum Gasteiger partial charge on any atom is -0.290 e. The molecule has 0 radical (unpaired) electrons. The van der Waals surface area contributed by atoms with E-state index in [1.807, 2.05) is 44.2 Å². The number of hydrogen-bond donors (Lipinski definition) is 1. The largest absolute Gasteiger partial charge is 0.290 e. The highest BCUT2D eigenvalue weighted by atomic mass is 32.2. The van der Waals surface area contributed by atoms with Crippen LogP contribution in [-0.2, 0) is 16.0 Å². The third-order valence-electron chi connectivity index (χ3n) is 4.91. The molecule has 1 saturated heterocycles. The lowest BCUT2D eigenvalue weighted by molar-refractivity contribution is -0.124. The molecule has 152 valence electrons. The van der Waals surface area contributed by atoms with E-state index in [1.165, 1.54) is 10.5 Å². The van der Waals surface area contributed by atoms with E-state index >= 15 is 0 Å². The van der Waals surface area contributed by atoms with Crippen molar-refractivity contribution in [2.45, 2.75) is 45.4 Å². The molecule has 2 unspecified atom stereocenters. The fourth-order valence-corrected chi connectivity index (χ4v) is 4.30. The van der Waals surface area contributed by atoms with Crippen molar-refractivity contribution in [1.82, 2.24) is 5.32 Å². The molecule has 5 nitrogen and oxygen atoms in total. The number of nitrogens with one attached hydrogen (secondary N) is 1. The average molecular weight is 411 g/mol. The number of aryl methyl sites for hydroxylation is 1. The number of rotatable bonds is 6. The summed E-state index contributed by atoms with van der Waals surface area (Å²) in [5.41, 5.74) is 3.70. The third kappa shape index (κ3) is 4.88. The van der Waals surface area contributed by atoms with Gasteiger partial charge in [0, 0.05) is 5.69 Å². The second-order valence-corrected chi connectivity index (χ2v) is 8.91. The SMILES string of the molecule is Cc1cccc(N(C(=O)C(C)c2ccc(CC(C)C)cc2)C2SC(=O)NC2=O)c1. The summed E-state index contributed by atoms with van der Waals surface area (Å²) in [5.74, 6) is -0.566. The van der Waals surface area contributed by atoms with Crippen molar-refractivity contribution in [2.75, 3.05) is 4.90 Å². The normalized spacial score (nSPS) is 17.3. The van der Waals surface area contributed by atoms with Crippen molar-refractivity contribution in [3.8, 4) is 0 Å². The van der Waals surface area contributed by atoms with Crippen LogP contribution in [-0.4, -0.2) is 22.4 Å². The van der Waals surface area contributed by atoms with E-state index in [0.29, 0.717) is 11.6 Å². The quantitative estimate of drug-likeness (QED) is 0.753. The van der Waals surface area contributed by atoms with Gasteiger partial charge in [-0.2, -0.15) is 0 Å². The minimum atomic E-state index is -0.903. The number of imide groups is 1. The predicted octanol–water partition coefficient (Wildman–Crippen LogP) is 4.64. The Hall–Kier alpha value is -2.60. The average Bonchev–Trinajstić information content (AvgIpc) is 2.99. The van der Waals surface area contributed by atoms with Gasteiger partial charge in [-0.1, -0.05) is 50.2 Å². The van der Waals surface area contributed by atoms with Gasteiger partial charge in [-0.05, 0) is 66.8 Å². The van der Waals surface area contributed by atoms with Crippen LogP contribution in [0.15, 0.2) is 48.5 Å². The molecule has 29 heavy (non-hydrogen) atoms. The van der Waals surface area contributed by atoms with E-state index in [0.717, 1.165) is 29.3 Å². The summed E-state index contributed by atoms with van der Waals surface area (Å²) in [6.45, 7) is 8.11. The summed E-state index contributed by atoms with van der Waals surface area (Å²) in [6, 6.07) is 15.5. The van der Waals surface area contributed by atoms with Gasteiger partial charge < -0.3 is 0 Å². The Morgan fingerprint density at radius 1 is 1.10 bits per heavy atom. The molecule has 1 fully saturated rings. The molecule has 0 spiro atoms. The highest BCUT2D eigenvalue weighted by Gasteiger charge is 2.41. The van der Waals surface area contributed by atoms with Gasteiger partial charge in [0.25, 0.3) is 11.1 Å². The maximum absolute atomic E-state index is 13.5. The Bertz CT molecular complexity index is 924. The van der Waals surface area contributed by atoms with Crippen LogP contribution in [0, 0.1) is 12.8 Å². The zero-order valence-corrected chi connectivity index (χ0v) is 18.0. The molecule has 3 rings (SSSR count). The third-order valence-corrected chi connectivity index (χ3v) is 5.88. The molecule has 0 aliphatic carbocycles. The fraction of sp³-hybridized carbons (Fsp3) is 0.348. The number of thioether (sulfide) groups is 1. The predicted molar refractivity (Wildman–Crippen MR) is 117 cm³/mol. The number of hydrogen-bond acceptors (Lipinski definition) is 4. The fourth-order valence-electron chi connectivity index (χ4n) is 3.44. The summed E-state index contributed by atoms with van der Waals surface area (Å²) < 4.78 is 0. The van der Waals surface area contributed by atoms with Gasteiger partial charge >= 0.3 is 0 Å². The summed E-state index contributed by atoms with van der Waals surface area (Å²) in [7, 11) is 0. The Morgan fingerprint density at radius 2 is 1.79 bits per heavy atom. The number of anilines is 1. The van der Waals surface area contributed by atoms with Crippen LogP contribution < -0.4 is 10.2 Å². The van der Waals surface area contributed by atoms with Gasteiger partial charge in [-0.25, -0.2) is 0 Å². The van der Waals surface area contributed by atoms with Gasteiger partial charge in [0.05, 0.1) is 5.92 Å². The zero-order valence-electron chi connectivity index (χ0n) is 17.1. The minimum absolute atomic E-state index is 0.213. The van der Waals surface area contributed by atoms with Gasteiger partial charge in [0.2, 0.25) is 5.91 Å². The molecule has 1 N–H and O–H groups in total. The summed E-state index contributed by atoms with van der Waals surface area (Å²) in [5, 5.41) is 0.945. The van der Waals surface area contributed by atoms with E-state index in [2.05, 4.69) is 31.3 Å². The number of carbonyl (C=O) groups excluding carboxylic acids is 3. The molecule has 3 amide bonds.